The van der Waals surface area contributed by atoms with Gasteiger partial charge in [-0.2, -0.15) is 0 Å². The van der Waals surface area contributed by atoms with Crippen LogP contribution >= 0.6 is 0 Å². The van der Waals surface area contributed by atoms with Crippen molar-refractivity contribution in [3.8, 4) is 0 Å². The number of carbonyl (C=O) groups excluding carboxylic acids is 1. The van der Waals surface area contributed by atoms with E-state index in [1.165, 1.54) is 48.5 Å². The maximum Gasteiger partial charge on any atom is 1.00 e. The fraction of sp³-hybridized carbons (Fsp3) is 0. The molecule has 0 radical (unpaired) electrons. The second kappa shape index (κ2) is 10.2. The van der Waals surface area contributed by atoms with Crippen LogP contribution in [0, 0.1) is 0 Å². The first-order chi connectivity index (χ1) is 11.3. The van der Waals surface area contributed by atoms with Gasteiger partial charge in [0.15, 0.2) is 0 Å². The average molecular weight is 354 g/mol. The quantitative estimate of drug-likeness (QED) is 0.525. The molecule has 0 aliphatic heterocycles. The van der Waals surface area contributed by atoms with Crippen molar-refractivity contribution in [2.45, 2.75) is 0 Å². The minimum absolute atomic E-state index is 0. The zero-order chi connectivity index (χ0) is 18.3. The minimum Gasteiger partial charge on any atom is -0.545 e. The van der Waals surface area contributed by atoms with Crippen molar-refractivity contribution < 1.29 is 69.2 Å². The molecule has 2 aromatic carbocycles. The van der Waals surface area contributed by atoms with E-state index >= 15 is 0 Å². The van der Waals surface area contributed by atoms with Crippen LogP contribution in [0.4, 0.5) is 0 Å². The van der Waals surface area contributed by atoms with Gasteiger partial charge in [0.05, 0.1) is 22.7 Å². The normalized spacial score (nSPS) is 8.96. The Labute approximate surface area is 163 Å². The summed E-state index contributed by atoms with van der Waals surface area (Å²) in [7, 11) is 0. The van der Waals surface area contributed by atoms with Crippen LogP contribution in [0.25, 0.3) is 0 Å². The fourth-order valence-electron chi connectivity index (χ4n) is 1.70. The Morgan fingerprint density at radius 1 is 0.600 bits per heavy atom. The standard InChI is InChI=1S/2C8H6O4.Na/c2*9-7(10)5-3-1-2-4-6(5)8(11)12;/h2*1-4H,(H,9,10)(H,11,12);/q;;+1/p-1. The molecule has 0 aliphatic carbocycles. The molecule has 0 spiro atoms. The van der Waals surface area contributed by atoms with Crippen LogP contribution in [0.3, 0.4) is 0 Å². The maximum atomic E-state index is 10.5. The molecule has 0 bridgehead atoms. The molecule has 3 N–H and O–H groups in total. The van der Waals surface area contributed by atoms with E-state index in [0.717, 1.165) is 0 Å². The van der Waals surface area contributed by atoms with Crippen LogP contribution in [-0.4, -0.2) is 39.2 Å². The van der Waals surface area contributed by atoms with Crippen LogP contribution < -0.4 is 34.7 Å². The Bertz CT molecular complexity index is 667. The third-order valence-electron chi connectivity index (χ3n) is 2.77. The summed E-state index contributed by atoms with van der Waals surface area (Å²) in [5, 5.41) is 36.0. The van der Waals surface area contributed by atoms with E-state index in [2.05, 4.69) is 0 Å². The van der Waals surface area contributed by atoms with Crippen LogP contribution in [0.2, 0.25) is 0 Å². The van der Waals surface area contributed by atoms with Crippen LogP contribution in [0.1, 0.15) is 41.4 Å². The van der Waals surface area contributed by atoms with Crippen LogP contribution in [-0.2, 0) is 0 Å². The van der Waals surface area contributed by atoms with Crippen LogP contribution in [0.5, 0.6) is 0 Å². The zero-order valence-electron chi connectivity index (χ0n) is 13.0. The summed E-state index contributed by atoms with van der Waals surface area (Å²) in [6.07, 6.45) is 0. The number of rotatable bonds is 4. The topological polar surface area (TPSA) is 152 Å². The molecule has 0 aliphatic rings. The Morgan fingerprint density at radius 3 is 1.04 bits per heavy atom. The van der Waals surface area contributed by atoms with Gasteiger partial charge in [-0.25, -0.2) is 14.4 Å². The van der Waals surface area contributed by atoms with Crippen molar-refractivity contribution in [3.63, 3.8) is 0 Å². The number of carbonyl (C=O) groups is 4. The first kappa shape index (κ1) is 22.3. The van der Waals surface area contributed by atoms with E-state index in [-0.39, 0.29) is 51.8 Å². The summed E-state index contributed by atoms with van der Waals surface area (Å²) in [6, 6.07) is 10.8. The third kappa shape index (κ3) is 6.38. The molecular formula is C16H11NaO8. The molecule has 0 saturated carbocycles. The molecule has 0 unspecified atom stereocenters. The summed E-state index contributed by atoms with van der Waals surface area (Å²) < 4.78 is 0. The van der Waals surface area contributed by atoms with E-state index in [0.29, 0.717) is 0 Å². The number of carboxylic acids is 4. The summed E-state index contributed by atoms with van der Waals surface area (Å²) >= 11 is 0. The monoisotopic (exact) mass is 354 g/mol. The van der Waals surface area contributed by atoms with Gasteiger partial charge in [-0.15, -0.1) is 0 Å². The molecular weight excluding hydrogens is 343 g/mol. The van der Waals surface area contributed by atoms with Gasteiger partial charge in [0.2, 0.25) is 0 Å². The summed E-state index contributed by atoms with van der Waals surface area (Å²) in [4.78, 5) is 41.7. The molecule has 0 amide bonds. The molecule has 2 aromatic rings. The smallest absolute Gasteiger partial charge is 0.545 e. The van der Waals surface area contributed by atoms with E-state index in [1.807, 2.05) is 0 Å². The second-order valence-electron chi connectivity index (χ2n) is 4.29. The van der Waals surface area contributed by atoms with Gasteiger partial charge < -0.3 is 25.2 Å². The van der Waals surface area contributed by atoms with Crippen molar-refractivity contribution in [3.05, 3.63) is 70.8 Å². The first-order valence-electron chi connectivity index (χ1n) is 6.35. The number of aromatic carboxylic acids is 4. The number of carboxylic acid groups (broad SMARTS) is 4. The van der Waals surface area contributed by atoms with Gasteiger partial charge in [-0.1, -0.05) is 30.3 Å². The largest absolute Gasteiger partial charge is 1.00 e. The van der Waals surface area contributed by atoms with Crippen molar-refractivity contribution in [1.82, 2.24) is 0 Å². The molecule has 9 heteroatoms. The molecule has 8 nitrogen and oxygen atoms in total. The van der Waals surface area contributed by atoms with E-state index < -0.39 is 23.9 Å². The fourth-order valence-corrected chi connectivity index (χ4v) is 1.70. The first-order valence-corrected chi connectivity index (χ1v) is 6.35. The Hall–Kier alpha value is -2.68. The predicted molar refractivity (Wildman–Crippen MR) is 78.1 cm³/mol. The summed E-state index contributed by atoms with van der Waals surface area (Å²) in [6.45, 7) is 0. The molecule has 0 aromatic heterocycles. The van der Waals surface area contributed by atoms with Crippen molar-refractivity contribution in [2.24, 2.45) is 0 Å². The predicted octanol–water partition coefficient (Wildman–Crippen LogP) is -2.16. The van der Waals surface area contributed by atoms with Gasteiger partial charge in [-0.05, 0) is 18.2 Å². The molecule has 25 heavy (non-hydrogen) atoms. The molecule has 2 rings (SSSR count). The Kier molecular flexibility index (Phi) is 9.14. The van der Waals surface area contributed by atoms with Gasteiger partial charge >= 0.3 is 47.5 Å². The molecule has 0 atom stereocenters. The van der Waals surface area contributed by atoms with Gasteiger partial charge in [0.25, 0.3) is 0 Å². The van der Waals surface area contributed by atoms with Crippen molar-refractivity contribution in [2.75, 3.05) is 0 Å². The van der Waals surface area contributed by atoms with Crippen molar-refractivity contribution in [1.29, 1.82) is 0 Å². The van der Waals surface area contributed by atoms with Gasteiger partial charge in [-0.3, -0.25) is 0 Å². The van der Waals surface area contributed by atoms with E-state index in [1.54, 1.807) is 0 Å². The number of hydrogen-bond acceptors (Lipinski definition) is 5. The van der Waals surface area contributed by atoms with Gasteiger partial charge in [0.1, 0.15) is 0 Å². The maximum absolute atomic E-state index is 10.5. The minimum atomic E-state index is -1.48. The average Bonchev–Trinajstić information content (AvgIpc) is 2.55. The summed E-state index contributed by atoms with van der Waals surface area (Å²) in [5.74, 6) is -5.20. The molecule has 124 valence electrons. The van der Waals surface area contributed by atoms with Crippen molar-refractivity contribution >= 4 is 23.9 Å². The molecule has 0 fully saturated rings. The van der Waals surface area contributed by atoms with E-state index in [4.69, 9.17) is 15.3 Å². The summed E-state index contributed by atoms with van der Waals surface area (Å²) in [5.41, 5.74) is -0.933. The Morgan fingerprint density at radius 2 is 0.840 bits per heavy atom. The Balaban J connectivity index is 0.000000443. The number of hydrogen-bond donors (Lipinski definition) is 3. The SMILES string of the molecule is O=C(O)c1ccccc1C(=O)O.O=C([O-])c1ccccc1C(=O)O.[Na+]. The number of benzene rings is 2. The van der Waals surface area contributed by atoms with Gasteiger partial charge in [0, 0.05) is 5.56 Å². The zero-order valence-corrected chi connectivity index (χ0v) is 15.0. The third-order valence-corrected chi connectivity index (χ3v) is 2.77. The molecule has 0 heterocycles. The second-order valence-corrected chi connectivity index (χ2v) is 4.29. The van der Waals surface area contributed by atoms with Crippen LogP contribution in [0.15, 0.2) is 48.5 Å². The molecule has 0 saturated heterocycles. The van der Waals surface area contributed by atoms with E-state index in [9.17, 15) is 24.3 Å².